The quantitative estimate of drug-likeness (QED) is 0.687. The van der Waals surface area contributed by atoms with Crippen molar-refractivity contribution in [3.8, 4) is 5.75 Å². The molecule has 0 aliphatic heterocycles. The molecule has 0 spiro atoms. The summed E-state index contributed by atoms with van der Waals surface area (Å²) in [6.45, 7) is 3.39. The fourth-order valence-corrected chi connectivity index (χ4v) is 2.99. The molecule has 0 aliphatic carbocycles. The summed E-state index contributed by atoms with van der Waals surface area (Å²) < 4.78 is 5.31. The topological polar surface area (TPSA) is 75.7 Å². The van der Waals surface area contributed by atoms with Gasteiger partial charge in [-0.1, -0.05) is 42.8 Å². The number of nitrogens with one attached hydrogen (secondary N) is 1. The molecule has 0 bridgehead atoms. The smallest absolute Gasteiger partial charge is 0.289 e. The van der Waals surface area contributed by atoms with Crippen molar-refractivity contribution in [3.05, 3.63) is 59.1 Å². The van der Waals surface area contributed by atoms with Gasteiger partial charge in [0, 0.05) is 18.0 Å². The molecule has 2 amide bonds. The highest BCUT2D eigenvalue weighted by molar-refractivity contribution is 6.39. The van der Waals surface area contributed by atoms with Crippen molar-refractivity contribution >= 4 is 34.9 Å². The van der Waals surface area contributed by atoms with Crippen LogP contribution in [0.15, 0.2) is 48.5 Å². The van der Waals surface area contributed by atoms with Crippen LogP contribution in [-0.4, -0.2) is 30.7 Å². The number of amides is 2. The van der Waals surface area contributed by atoms with E-state index in [2.05, 4.69) is 5.32 Å². The summed E-state index contributed by atoms with van der Waals surface area (Å²) in [6, 6.07) is 12.9. The molecule has 1 N–H and O–H groups in total. The number of benzene rings is 2. The molecule has 0 aliphatic rings. The third kappa shape index (κ3) is 5.10. The van der Waals surface area contributed by atoms with E-state index in [0.29, 0.717) is 16.5 Å². The number of hydrogen-bond acceptors (Lipinski definition) is 4. The summed E-state index contributed by atoms with van der Waals surface area (Å²) in [7, 11) is 1.48. The molecule has 6 nitrogen and oxygen atoms in total. The zero-order chi connectivity index (χ0) is 20.7. The number of hydrogen-bond donors (Lipinski definition) is 1. The van der Waals surface area contributed by atoms with Gasteiger partial charge < -0.3 is 10.1 Å². The van der Waals surface area contributed by atoms with Gasteiger partial charge in [-0.15, -0.1) is 0 Å². The van der Waals surface area contributed by atoms with Crippen molar-refractivity contribution < 1.29 is 19.1 Å². The number of methoxy groups -OCH3 is 1. The molecule has 2 aromatic carbocycles. The Hall–Kier alpha value is -2.86. The summed E-state index contributed by atoms with van der Waals surface area (Å²) in [5, 5.41) is 3.13. The zero-order valence-corrected chi connectivity index (χ0v) is 16.8. The maximum atomic E-state index is 12.7. The van der Waals surface area contributed by atoms with E-state index in [1.54, 1.807) is 55.5 Å². The third-order valence-electron chi connectivity index (χ3n) is 4.25. The Morgan fingerprint density at radius 3 is 2.50 bits per heavy atom. The Kier molecular flexibility index (Phi) is 7.58. The van der Waals surface area contributed by atoms with Gasteiger partial charge in [0.15, 0.2) is 0 Å². The molecule has 2 rings (SSSR count). The second-order valence-electron chi connectivity index (χ2n) is 6.14. The Bertz CT molecular complexity index is 869. The Labute approximate surface area is 169 Å². The van der Waals surface area contributed by atoms with Crippen molar-refractivity contribution in [1.29, 1.82) is 0 Å². The van der Waals surface area contributed by atoms with Crippen LogP contribution in [0.2, 0.25) is 5.02 Å². The number of rotatable bonds is 8. The van der Waals surface area contributed by atoms with Gasteiger partial charge >= 0.3 is 0 Å². The molecule has 148 valence electrons. The van der Waals surface area contributed by atoms with Crippen LogP contribution in [-0.2, 0) is 20.9 Å². The van der Waals surface area contributed by atoms with E-state index >= 15 is 0 Å². The lowest BCUT2D eigenvalue weighted by molar-refractivity contribution is -0.139. The minimum absolute atomic E-state index is 0.161. The molecule has 0 saturated heterocycles. The Morgan fingerprint density at radius 1 is 1.14 bits per heavy atom. The molecule has 2 aromatic rings. The number of para-hydroxylation sites is 2. The van der Waals surface area contributed by atoms with E-state index in [1.807, 2.05) is 0 Å². The number of ketones is 1. The van der Waals surface area contributed by atoms with E-state index in [0.717, 1.165) is 5.56 Å². The van der Waals surface area contributed by atoms with Crippen molar-refractivity contribution in [2.24, 2.45) is 0 Å². The van der Waals surface area contributed by atoms with Crippen LogP contribution in [0.1, 0.15) is 25.8 Å². The molecule has 7 heteroatoms. The van der Waals surface area contributed by atoms with Gasteiger partial charge in [0.05, 0.1) is 12.8 Å². The predicted octanol–water partition coefficient (Wildman–Crippen LogP) is 3.37. The molecule has 0 radical (unpaired) electrons. The average Bonchev–Trinajstić information content (AvgIpc) is 2.71. The summed E-state index contributed by atoms with van der Waals surface area (Å²) in [6.07, 6.45) is 0.180. The Balaban J connectivity index is 2.18. The van der Waals surface area contributed by atoms with Gasteiger partial charge in [-0.3, -0.25) is 19.3 Å². The average molecular weight is 403 g/mol. The zero-order valence-electron chi connectivity index (χ0n) is 16.1. The van der Waals surface area contributed by atoms with Gasteiger partial charge in [-0.05, 0) is 36.8 Å². The molecular weight excluding hydrogens is 380 g/mol. The Morgan fingerprint density at radius 2 is 1.86 bits per heavy atom. The molecule has 0 saturated carbocycles. The highest BCUT2D eigenvalue weighted by Gasteiger charge is 2.32. The number of nitrogens with zero attached hydrogens (tertiary/aromatic N) is 1. The van der Waals surface area contributed by atoms with Crippen molar-refractivity contribution in [3.63, 3.8) is 0 Å². The second kappa shape index (κ2) is 9.90. The van der Waals surface area contributed by atoms with E-state index in [-0.39, 0.29) is 18.9 Å². The normalized spacial score (nSPS) is 11.4. The highest BCUT2D eigenvalue weighted by Crippen LogP contribution is 2.30. The summed E-state index contributed by atoms with van der Waals surface area (Å²) in [5.41, 5.74) is 1.22. The van der Waals surface area contributed by atoms with Crippen LogP contribution in [0.3, 0.4) is 0 Å². The van der Waals surface area contributed by atoms with Gasteiger partial charge in [0.1, 0.15) is 11.8 Å². The minimum Gasteiger partial charge on any atom is -0.495 e. The van der Waals surface area contributed by atoms with Crippen molar-refractivity contribution in [2.45, 2.75) is 32.9 Å². The standard InChI is InChI=1S/C21H23ClN2O4/c1-4-19(25)24(17-10-5-6-11-18(17)28-3)14(2)20(26)21(27)23-13-15-8-7-9-16(22)12-15/h5-12,14H,4,13H2,1-3H3,(H,23,27). The van der Waals surface area contributed by atoms with Gasteiger partial charge in [0.25, 0.3) is 5.91 Å². The lowest BCUT2D eigenvalue weighted by atomic mass is 10.1. The number of Topliss-reactive ketones (excluding diaryl/α,β-unsaturated/α-hetero) is 1. The van der Waals surface area contributed by atoms with Crippen LogP contribution in [0.25, 0.3) is 0 Å². The maximum Gasteiger partial charge on any atom is 0.289 e. The third-order valence-corrected chi connectivity index (χ3v) is 4.48. The first-order valence-corrected chi connectivity index (χ1v) is 9.28. The number of carbonyl (C=O) groups is 3. The number of halogens is 1. The van der Waals surface area contributed by atoms with Crippen LogP contribution in [0, 0.1) is 0 Å². The largest absolute Gasteiger partial charge is 0.495 e. The van der Waals surface area contributed by atoms with E-state index < -0.39 is 17.7 Å². The first kappa shape index (κ1) is 21.4. The highest BCUT2D eigenvalue weighted by atomic mass is 35.5. The molecule has 0 aromatic heterocycles. The van der Waals surface area contributed by atoms with E-state index in [1.165, 1.54) is 18.9 Å². The monoisotopic (exact) mass is 402 g/mol. The predicted molar refractivity (Wildman–Crippen MR) is 109 cm³/mol. The molecule has 1 unspecified atom stereocenters. The van der Waals surface area contributed by atoms with Crippen LogP contribution >= 0.6 is 11.6 Å². The van der Waals surface area contributed by atoms with Gasteiger partial charge in [0.2, 0.25) is 11.7 Å². The van der Waals surface area contributed by atoms with Crippen molar-refractivity contribution in [2.75, 3.05) is 12.0 Å². The van der Waals surface area contributed by atoms with Crippen molar-refractivity contribution in [1.82, 2.24) is 5.32 Å². The second-order valence-corrected chi connectivity index (χ2v) is 6.58. The number of carbonyl (C=O) groups excluding carboxylic acids is 3. The molecule has 0 heterocycles. The molecule has 0 fully saturated rings. The van der Waals surface area contributed by atoms with Crippen LogP contribution in [0.5, 0.6) is 5.75 Å². The van der Waals surface area contributed by atoms with E-state index in [9.17, 15) is 14.4 Å². The lowest BCUT2D eigenvalue weighted by Crippen LogP contribution is -2.48. The molecular formula is C21H23ClN2O4. The number of ether oxygens (including phenoxy) is 1. The fraction of sp³-hybridized carbons (Fsp3) is 0.286. The van der Waals surface area contributed by atoms with Gasteiger partial charge in [-0.2, -0.15) is 0 Å². The fourth-order valence-electron chi connectivity index (χ4n) is 2.78. The molecule has 28 heavy (non-hydrogen) atoms. The number of anilines is 1. The minimum atomic E-state index is -0.983. The molecule has 1 atom stereocenters. The van der Waals surface area contributed by atoms with Crippen LogP contribution < -0.4 is 15.0 Å². The summed E-state index contributed by atoms with van der Waals surface area (Å²) in [5.74, 6) is -1.32. The maximum absolute atomic E-state index is 12.7. The first-order chi connectivity index (χ1) is 13.4. The van der Waals surface area contributed by atoms with Gasteiger partial charge in [-0.25, -0.2) is 0 Å². The summed E-state index contributed by atoms with van der Waals surface area (Å²) >= 11 is 5.93. The summed E-state index contributed by atoms with van der Waals surface area (Å²) in [4.78, 5) is 38.9. The first-order valence-electron chi connectivity index (χ1n) is 8.90. The van der Waals surface area contributed by atoms with Crippen LogP contribution in [0.4, 0.5) is 5.69 Å². The van der Waals surface area contributed by atoms with E-state index in [4.69, 9.17) is 16.3 Å². The SMILES string of the molecule is CCC(=O)N(c1ccccc1OC)C(C)C(=O)C(=O)NCc1cccc(Cl)c1. The lowest BCUT2D eigenvalue weighted by Gasteiger charge is -2.29.